The predicted octanol–water partition coefficient (Wildman–Crippen LogP) is 0.442. The lowest BCUT2D eigenvalue weighted by Crippen LogP contribution is -2.26. The summed E-state index contributed by atoms with van der Waals surface area (Å²) in [6, 6.07) is 0. The summed E-state index contributed by atoms with van der Waals surface area (Å²) in [6.07, 6.45) is 3.44. The molecular weight excluding hydrogens is 216 g/mol. The summed E-state index contributed by atoms with van der Waals surface area (Å²) in [5.41, 5.74) is 5.53. The fraction of sp³-hybridized carbons (Fsp3) is 0.444. The van der Waals surface area contributed by atoms with E-state index in [2.05, 4.69) is 9.97 Å². The maximum absolute atomic E-state index is 11.6. The van der Waals surface area contributed by atoms with Gasteiger partial charge < -0.3 is 5.73 Å². The second-order valence-electron chi connectivity index (χ2n) is 3.51. The van der Waals surface area contributed by atoms with Crippen molar-refractivity contribution in [2.24, 2.45) is 11.7 Å². The minimum Gasteiger partial charge on any atom is -0.330 e. The molecule has 6 heteroatoms. The third kappa shape index (κ3) is 2.08. The van der Waals surface area contributed by atoms with Crippen molar-refractivity contribution in [2.45, 2.75) is 6.42 Å². The van der Waals surface area contributed by atoms with Crippen molar-refractivity contribution in [3.05, 3.63) is 17.5 Å². The Bertz CT molecular complexity index is 384. The first-order chi connectivity index (χ1) is 7.20. The molecular formula is C9H11ClN4O. The Balaban J connectivity index is 2.21. The molecule has 0 radical (unpaired) electrons. The lowest BCUT2D eigenvalue weighted by molar-refractivity contribution is -0.117. The second kappa shape index (κ2) is 4.12. The fourth-order valence-electron chi connectivity index (χ4n) is 1.62. The first-order valence-corrected chi connectivity index (χ1v) is 5.06. The van der Waals surface area contributed by atoms with E-state index >= 15 is 0 Å². The Morgan fingerprint density at radius 2 is 2.40 bits per heavy atom. The molecule has 0 aliphatic carbocycles. The highest BCUT2D eigenvalue weighted by atomic mass is 35.5. The van der Waals surface area contributed by atoms with Gasteiger partial charge in [0.1, 0.15) is 5.15 Å². The third-order valence-electron chi connectivity index (χ3n) is 2.41. The van der Waals surface area contributed by atoms with Crippen LogP contribution < -0.4 is 10.6 Å². The SMILES string of the molecule is NCC1CC(=O)N(c2cncc(Cl)n2)C1. The summed E-state index contributed by atoms with van der Waals surface area (Å²) in [7, 11) is 0. The van der Waals surface area contributed by atoms with Crippen LogP contribution in [0.5, 0.6) is 0 Å². The van der Waals surface area contributed by atoms with E-state index in [4.69, 9.17) is 17.3 Å². The standard InChI is InChI=1S/C9H11ClN4O/c10-7-3-12-4-8(13-7)14-5-6(2-11)1-9(14)15/h3-4,6H,1-2,5,11H2. The molecule has 0 spiro atoms. The molecule has 1 amide bonds. The molecule has 1 unspecified atom stereocenters. The van der Waals surface area contributed by atoms with Gasteiger partial charge in [-0.3, -0.25) is 14.7 Å². The van der Waals surface area contributed by atoms with E-state index in [9.17, 15) is 4.79 Å². The van der Waals surface area contributed by atoms with E-state index in [0.29, 0.717) is 25.3 Å². The monoisotopic (exact) mass is 226 g/mol. The lowest BCUT2D eigenvalue weighted by Gasteiger charge is -2.14. The van der Waals surface area contributed by atoms with E-state index in [-0.39, 0.29) is 17.0 Å². The quantitative estimate of drug-likeness (QED) is 0.795. The molecule has 2 N–H and O–H groups in total. The molecule has 1 fully saturated rings. The van der Waals surface area contributed by atoms with Gasteiger partial charge in [-0.1, -0.05) is 11.6 Å². The van der Waals surface area contributed by atoms with E-state index < -0.39 is 0 Å². The van der Waals surface area contributed by atoms with Crippen molar-refractivity contribution < 1.29 is 4.79 Å². The highest BCUT2D eigenvalue weighted by molar-refractivity contribution is 6.29. The summed E-state index contributed by atoms with van der Waals surface area (Å²) in [5.74, 6) is 0.740. The minimum absolute atomic E-state index is 0.0296. The molecule has 0 bridgehead atoms. The van der Waals surface area contributed by atoms with Crippen LogP contribution >= 0.6 is 11.6 Å². The molecule has 15 heavy (non-hydrogen) atoms. The zero-order valence-corrected chi connectivity index (χ0v) is 8.81. The number of amides is 1. The van der Waals surface area contributed by atoms with Gasteiger partial charge in [0.05, 0.1) is 12.4 Å². The third-order valence-corrected chi connectivity index (χ3v) is 2.59. The first-order valence-electron chi connectivity index (χ1n) is 4.68. The van der Waals surface area contributed by atoms with Gasteiger partial charge in [0.15, 0.2) is 5.82 Å². The van der Waals surface area contributed by atoms with Crippen LogP contribution in [0.25, 0.3) is 0 Å². The molecule has 1 atom stereocenters. The summed E-state index contributed by atoms with van der Waals surface area (Å²) in [5, 5.41) is 0.288. The molecule has 2 rings (SSSR count). The largest absolute Gasteiger partial charge is 0.330 e. The maximum Gasteiger partial charge on any atom is 0.228 e. The van der Waals surface area contributed by atoms with Crippen molar-refractivity contribution in [2.75, 3.05) is 18.0 Å². The average Bonchev–Trinajstić information content (AvgIpc) is 2.60. The van der Waals surface area contributed by atoms with Gasteiger partial charge in [-0.15, -0.1) is 0 Å². The topological polar surface area (TPSA) is 72.1 Å². The average molecular weight is 227 g/mol. The number of rotatable bonds is 2. The van der Waals surface area contributed by atoms with Crippen LogP contribution in [0.2, 0.25) is 5.15 Å². The van der Waals surface area contributed by atoms with Crippen LogP contribution in [0, 0.1) is 5.92 Å². The van der Waals surface area contributed by atoms with Crippen molar-refractivity contribution in [1.82, 2.24) is 9.97 Å². The maximum atomic E-state index is 11.6. The van der Waals surface area contributed by atoms with Crippen LogP contribution in [-0.2, 0) is 4.79 Å². The van der Waals surface area contributed by atoms with Crippen LogP contribution in [0.3, 0.4) is 0 Å². The molecule has 1 aromatic rings. The van der Waals surface area contributed by atoms with Gasteiger partial charge in [0.25, 0.3) is 0 Å². The number of nitrogens with zero attached hydrogens (tertiary/aromatic N) is 3. The second-order valence-corrected chi connectivity index (χ2v) is 3.90. The Morgan fingerprint density at radius 1 is 1.60 bits per heavy atom. The number of hydrogen-bond donors (Lipinski definition) is 1. The van der Waals surface area contributed by atoms with Gasteiger partial charge in [-0.25, -0.2) is 4.98 Å². The van der Waals surface area contributed by atoms with Gasteiger partial charge in [-0.05, 0) is 12.5 Å². The van der Waals surface area contributed by atoms with E-state index in [0.717, 1.165) is 0 Å². The molecule has 5 nitrogen and oxygen atoms in total. The minimum atomic E-state index is 0.0296. The molecule has 2 heterocycles. The van der Waals surface area contributed by atoms with Crippen molar-refractivity contribution in [1.29, 1.82) is 0 Å². The number of nitrogens with two attached hydrogens (primary N) is 1. The number of aromatic nitrogens is 2. The van der Waals surface area contributed by atoms with Gasteiger partial charge in [0.2, 0.25) is 5.91 Å². The number of halogens is 1. The van der Waals surface area contributed by atoms with Crippen molar-refractivity contribution in [3.63, 3.8) is 0 Å². The number of anilines is 1. The van der Waals surface area contributed by atoms with Gasteiger partial charge in [0, 0.05) is 13.0 Å². The molecule has 1 aliphatic rings. The molecule has 0 aromatic carbocycles. The Labute approximate surface area is 92.3 Å². The fourth-order valence-corrected chi connectivity index (χ4v) is 1.77. The summed E-state index contributed by atoms with van der Waals surface area (Å²) < 4.78 is 0. The van der Waals surface area contributed by atoms with Crippen LogP contribution in [0.15, 0.2) is 12.4 Å². The van der Waals surface area contributed by atoms with E-state index in [1.807, 2.05) is 0 Å². The van der Waals surface area contributed by atoms with E-state index in [1.54, 1.807) is 4.90 Å². The normalized spacial score (nSPS) is 21.1. The highest BCUT2D eigenvalue weighted by Gasteiger charge is 2.30. The van der Waals surface area contributed by atoms with Gasteiger partial charge in [-0.2, -0.15) is 0 Å². The zero-order valence-electron chi connectivity index (χ0n) is 8.06. The summed E-state index contributed by atoms with van der Waals surface area (Å²) in [6.45, 7) is 1.11. The van der Waals surface area contributed by atoms with E-state index in [1.165, 1.54) is 12.4 Å². The summed E-state index contributed by atoms with van der Waals surface area (Å²) >= 11 is 5.70. The number of carbonyl (C=O) groups is 1. The smallest absolute Gasteiger partial charge is 0.228 e. The molecule has 80 valence electrons. The lowest BCUT2D eigenvalue weighted by atomic mass is 10.1. The molecule has 1 aliphatic heterocycles. The Hall–Kier alpha value is -1.20. The molecule has 1 aromatic heterocycles. The van der Waals surface area contributed by atoms with Crippen molar-refractivity contribution in [3.8, 4) is 0 Å². The number of carbonyl (C=O) groups excluding carboxylic acids is 1. The van der Waals surface area contributed by atoms with Crippen LogP contribution in [-0.4, -0.2) is 29.0 Å². The Morgan fingerprint density at radius 3 is 3.00 bits per heavy atom. The number of hydrogen-bond acceptors (Lipinski definition) is 4. The molecule has 1 saturated heterocycles. The highest BCUT2D eigenvalue weighted by Crippen LogP contribution is 2.22. The molecule has 0 saturated carbocycles. The van der Waals surface area contributed by atoms with Crippen LogP contribution in [0.4, 0.5) is 5.82 Å². The Kier molecular flexibility index (Phi) is 2.83. The summed E-state index contributed by atoms with van der Waals surface area (Å²) in [4.78, 5) is 21.1. The predicted molar refractivity (Wildman–Crippen MR) is 56.6 cm³/mol. The van der Waals surface area contributed by atoms with Crippen LogP contribution in [0.1, 0.15) is 6.42 Å². The zero-order chi connectivity index (χ0) is 10.8. The van der Waals surface area contributed by atoms with Crippen molar-refractivity contribution >= 4 is 23.3 Å². The first kappa shape index (κ1) is 10.3. The van der Waals surface area contributed by atoms with Gasteiger partial charge >= 0.3 is 0 Å².